The smallest absolute Gasteiger partial charge is 0.223 e. The maximum Gasteiger partial charge on any atom is 0.223 e. The summed E-state index contributed by atoms with van der Waals surface area (Å²) in [5.74, 6) is 1.25. The molecule has 4 aromatic rings. The van der Waals surface area contributed by atoms with E-state index in [0.29, 0.717) is 29.5 Å². The summed E-state index contributed by atoms with van der Waals surface area (Å²) in [6.07, 6.45) is 3.23. The maximum atomic E-state index is 11.9. The number of anilines is 1. The summed E-state index contributed by atoms with van der Waals surface area (Å²) in [7, 11) is 0. The quantitative estimate of drug-likeness (QED) is 0.519. The molecule has 3 aromatic heterocycles. The Morgan fingerprint density at radius 2 is 2.04 bits per heavy atom. The van der Waals surface area contributed by atoms with Crippen LogP contribution in [0.2, 0.25) is 5.15 Å². The van der Waals surface area contributed by atoms with Gasteiger partial charge in [0.1, 0.15) is 16.5 Å². The zero-order valence-corrected chi connectivity index (χ0v) is 15.7. The van der Waals surface area contributed by atoms with Crippen LogP contribution in [0.25, 0.3) is 33.1 Å². The largest absolute Gasteiger partial charge is 0.382 e. The number of likely N-dealkylation sites (tertiary alicyclic amines) is 1. The number of hydrogen-bond donors (Lipinski definition) is 2. The minimum Gasteiger partial charge on any atom is -0.382 e. The van der Waals surface area contributed by atoms with Crippen molar-refractivity contribution in [3.63, 3.8) is 0 Å². The lowest BCUT2D eigenvalue weighted by Gasteiger charge is -2.12. The standard InChI is InChI=1S/C20H17ClN6O/c21-15-6-4-12(9-23-15)11-3-5-13-14(8-11)24-20(22)19-18(13)25-16(26-19)10-27-7-1-2-17(27)28/h3-6,8-9H,1-2,7,10H2,(H2,22,24)(H,25,26). The Bertz CT molecular complexity index is 1220. The van der Waals surface area contributed by atoms with Gasteiger partial charge in [0.15, 0.2) is 5.82 Å². The fourth-order valence-corrected chi connectivity index (χ4v) is 3.79. The maximum absolute atomic E-state index is 11.9. The van der Waals surface area contributed by atoms with Crippen LogP contribution in [0.1, 0.15) is 18.7 Å². The Kier molecular flexibility index (Phi) is 3.91. The van der Waals surface area contributed by atoms with Gasteiger partial charge in [-0.05, 0) is 30.2 Å². The molecule has 1 aliphatic heterocycles. The third-order valence-electron chi connectivity index (χ3n) is 5.08. The predicted octanol–water partition coefficient (Wildman–Crippen LogP) is 3.53. The number of rotatable bonds is 3. The number of aromatic nitrogens is 4. The van der Waals surface area contributed by atoms with E-state index in [-0.39, 0.29) is 5.91 Å². The predicted molar refractivity (Wildman–Crippen MR) is 109 cm³/mol. The first-order valence-electron chi connectivity index (χ1n) is 9.06. The van der Waals surface area contributed by atoms with Crippen molar-refractivity contribution in [2.75, 3.05) is 12.3 Å². The van der Waals surface area contributed by atoms with E-state index in [1.165, 1.54) is 0 Å². The van der Waals surface area contributed by atoms with Crippen LogP contribution in [0, 0.1) is 0 Å². The van der Waals surface area contributed by atoms with Gasteiger partial charge in [0.25, 0.3) is 0 Å². The number of nitrogens with two attached hydrogens (primary N) is 1. The molecule has 0 aliphatic carbocycles. The van der Waals surface area contributed by atoms with Crippen molar-refractivity contribution in [2.24, 2.45) is 0 Å². The number of hydrogen-bond acceptors (Lipinski definition) is 5. The fraction of sp³-hybridized carbons (Fsp3) is 0.200. The minimum atomic E-state index is 0.164. The summed E-state index contributed by atoms with van der Waals surface area (Å²) in [5, 5.41) is 1.39. The average Bonchev–Trinajstić information content (AvgIpc) is 3.29. The molecule has 1 aliphatic rings. The highest BCUT2D eigenvalue weighted by Crippen LogP contribution is 2.30. The molecule has 1 saturated heterocycles. The summed E-state index contributed by atoms with van der Waals surface area (Å²) in [5.41, 5.74) is 10.3. The Morgan fingerprint density at radius 3 is 2.79 bits per heavy atom. The molecule has 28 heavy (non-hydrogen) atoms. The second-order valence-electron chi connectivity index (χ2n) is 6.92. The van der Waals surface area contributed by atoms with Crippen LogP contribution in [0.3, 0.4) is 0 Å². The molecule has 0 spiro atoms. The van der Waals surface area contributed by atoms with Gasteiger partial charge in [-0.2, -0.15) is 0 Å². The summed E-state index contributed by atoms with van der Waals surface area (Å²) in [6, 6.07) is 9.65. The lowest BCUT2D eigenvalue weighted by Crippen LogP contribution is -2.24. The number of pyridine rings is 2. The van der Waals surface area contributed by atoms with Gasteiger partial charge in [-0.3, -0.25) is 4.79 Å². The monoisotopic (exact) mass is 392 g/mol. The van der Waals surface area contributed by atoms with Gasteiger partial charge in [0, 0.05) is 30.1 Å². The van der Waals surface area contributed by atoms with Crippen molar-refractivity contribution in [3.05, 3.63) is 47.5 Å². The van der Waals surface area contributed by atoms with E-state index in [1.807, 2.05) is 29.2 Å². The van der Waals surface area contributed by atoms with Crippen molar-refractivity contribution in [1.82, 2.24) is 24.8 Å². The van der Waals surface area contributed by atoms with Crippen LogP contribution >= 0.6 is 11.6 Å². The Morgan fingerprint density at radius 1 is 1.18 bits per heavy atom. The van der Waals surface area contributed by atoms with Crippen molar-refractivity contribution >= 4 is 45.3 Å². The second kappa shape index (κ2) is 6.45. The van der Waals surface area contributed by atoms with E-state index in [4.69, 9.17) is 17.3 Å². The molecule has 0 unspecified atom stereocenters. The van der Waals surface area contributed by atoms with Crippen LogP contribution in [0.15, 0.2) is 36.5 Å². The lowest BCUT2D eigenvalue weighted by molar-refractivity contribution is -0.128. The molecule has 1 aromatic carbocycles. The number of nitrogens with zero attached hydrogens (tertiary/aromatic N) is 4. The van der Waals surface area contributed by atoms with Crippen molar-refractivity contribution in [3.8, 4) is 11.1 Å². The normalized spacial score (nSPS) is 14.5. The Balaban J connectivity index is 1.58. The molecule has 0 bridgehead atoms. The topological polar surface area (TPSA) is 101 Å². The number of fused-ring (bicyclic) bond motifs is 3. The van der Waals surface area contributed by atoms with Gasteiger partial charge in [-0.1, -0.05) is 23.7 Å². The van der Waals surface area contributed by atoms with Crippen molar-refractivity contribution in [1.29, 1.82) is 0 Å². The van der Waals surface area contributed by atoms with Crippen LogP contribution in [0.5, 0.6) is 0 Å². The van der Waals surface area contributed by atoms with Crippen molar-refractivity contribution < 1.29 is 4.79 Å². The number of carbonyl (C=O) groups is 1. The van der Waals surface area contributed by atoms with E-state index < -0.39 is 0 Å². The number of H-pyrrole nitrogens is 1. The van der Waals surface area contributed by atoms with Gasteiger partial charge in [0.2, 0.25) is 5.91 Å². The van der Waals surface area contributed by atoms with Gasteiger partial charge in [0.05, 0.1) is 17.6 Å². The van der Waals surface area contributed by atoms with Gasteiger partial charge >= 0.3 is 0 Å². The first kappa shape index (κ1) is 16.9. The number of amides is 1. The molecule has 8 heteroatoms. The zero-order chi connectivity index (χ0) is 19.3. The first-order chi connectivity index (χ1) is 13.6. The highest BCUT2D eigenvalue weighted by atomic mass is 35.5. The molecular formula is C20H17ClN6O. The van der Waals surface area contributed by atoms with Crippen LogP contribution < -0.4 is 5.73 Å². The van der Waals surface area contributed by atoms with Gasteiger partial charge < -0.3 is 15.6 Å². The van der Waals surface area contributed by atoms with E-state index in [2.05, 4.69) is 19.9 Å². The Hall–Kier alpha value is -3.19. The molecule has 1 fully saturated rings. The highest BCUT2D eigenvalue weighted by molar-refractivity contribution is 6.29. The molecule has 3 N–H and O–H groups in total. The van der Waals surface area contributed by atoms with E-state index in [0.717, 1.165) is 46.3 Å². The average molecular weight is 393 g/mol. The molecule has 1 amide bonds. The number of carbonyl (C=O) groups excluding carboxylic acids is 1. The molecule has 7 nitrogen and oxygen atoms in total. The van der Waals surface area contributed by atoms with Crippen LogP contribution in [0.4, 0.5) is 5.82 Å². The number of aromatic amines is 1. The van der Waals surface area contributed by atoms with E-state index in [9.17, 15) is 4.79 Å². The third-order valence-corrected chi connectivity index (χ3v) is 5.30. The van der Waals surface area contributed by atoms with Gasteiger partial charge in [-0.15, -0.1) is 0 Å². The van der Waals surface area contributed by atoms with Crippen LogP contribution in [-0.4, -0.2) is 37.3 Å². The fourth-order valence-electron chi connectivity index (χ4n) is 3.67. The molecular weight excluding hydrogens is 376 g/mol. The minimum absolute atomic E-state index is 0.164. The number of halogens is 1. The molecule has 4 heterocycles. The molecule has 140 valence electrons. The molecule has 0 saturated carbocycles. The van der Waals surface area contributed by atoms with Gasteiger partial charge in [-0.25, -0.2) is 15.0 Å². The Labute approximate surface area is 165 Å². The van der Waals surface area contributed by atoms with Crippen molar-refractivity contribution in [2.45, 2.75) is 19.4 Å². The van der Waals surface area contributed by atoms with E-state index in [1.54, 1.807) is 12.3 Å². The molecule has 5 rings (SSSR count). The summed E-state index contributed by atoms with van der Waals surface area (Å²) in [4.78, 5) is 30.3. The third kappa shape index (κ3) is 2.84. The lowest BCUT2D eigenvalue weighted by atomic mass is 10.0. The first-order valence-corrected chi connectivity index (χ1v) is 9.44. The zero-order valence-electron chi connectivity index (χ0n) is 14.9. The van der Waals surface area contributed by atoms with E-state index >= 15 is 0 Å². The number of imidazole rings is 1. The second-order valence-corrected chi connectivity index (χ2v) is 7.31. The summed E-state index contributed by atoms with van der Waals surface area (Å²) < 4.78 is 0. The SMILES string of the molecule is Nc1nc2cc(-c3ccc(Cl)nc3)ccc2c2[nH]c(CN3CCCC3=O)nc12. The number of nitrogen functional groups attached to an aromatic ring is 1. The number of nitrogens with one attached hydrogen (secondary N) is 1. The molecule has 0 radical (unpaired) electrons. The summed E-state index contributed by atoms with van der Waals surface area (Å²) in [6.45, 7) is 1.23. The summed E-state index contributed by atoms with van der Waals surface area (Å²) >= 11 is 5.88. The number of benzene rings is 1. The van der Waals surface area contributed by atoms with Crippen LogP contribution in [-0.2, 0) is 11.3 Å². The highest BCUT2D eigenvalue weighted by Gasteiger charge is 2.22. The molecule has 0 atom stereocenters.